The summed E-state index contributed by atoms with van der Waals surface area (Å²) in [4.78, 5) is 4.21. The summed E-state index contributed by atoms with van der Waals surface area (Å²) >= 11 is 0. The Morgan fingerprint density at radius 1 is 1.33 bits per heavy atom. The molecule has 0 aliphatic carbocycles. The maximum absolute atomic E-state index is 4.37. The highest BCUT2D eigenvalue weighted by molar-refractivity contribution is 5.38. The average molecular weight is 202 g/mol. The number of rotatable bonds is 3. The monoisotopic (exact) mass is 202 g/mol. The van der Waals surface area contributed by atoms with E-state index in [0.717, 1.165) is 11.5 Å². The van der Waals surface area contributed by atoms with Crippen LogP contribution in [0.5, 0.6) is 0 Å². The molecule has 1 aromatic carbocycles. The van der Waals surface area contributed by atoms with E-state index in [1.54, 1.807) is 6.33 Å². The lowest BCUT2D eigenvalue weighted by molar-refractivity contribution is 0.743. The molecule has 0 spiro atoms. The van der Waals surface area contributed by atoms with Crippen LogP contribution in [-0.4, -0.2) is 21.8 Å². The van der Waals surface area contributed by atoms with Gasteiger partial charge >= 0.3 is 0 Å². The molecule has 4 heteroatoms. The molecule has 0 saturated heterocycles. The van der Waals surface area contributed by atoms with Gasteiger partial charge in [0.1, 0.15) is 6.33 Å². The molecule has 0 aliphatic rings. The van der Waals surface area contributed by atoms with Crippen molar-refractivity contribution in [3.8, 4) is 5.69 Å². The van der Waals surface area contributed by atoms with Crippen molar-refractivity contribution in [3.63, 3.8) is 0 Å². The fourth-order valence-corrected chi connectivity index (χ4v) is 1.47. The van der Waals surface area contributed by atoms with Crippen molar-refractivity contribution in [2.24, 2.45) is 0 Å². The first kappa shape index (κ1) is 9.86. The molecule has 0 atom stereocenters. The van der Waals surface area contributed by atoms with Crippen LogP contribution >= 0.6 is 0 Å². The maximum atomic E-state index is 4.37. The number of para-hydroxylation sites is 1. The summed E-state index contributed by atoms with van der Waals surface area (Å²) < 4.78 is 1.81. The summed E-state index contributed by atoms with van der Waals surface area (Å²) in [6, 6.07) is 8.12. The lowest BCUT2D eigenvalue weighted by Crippen LogP contribution is -2.07. The molecule has 78 valence electrons. The van der Waals surface area contributed by atoms with Crippen molar-refractivity contribution >= 4 is 0 Å². The van der Waals surface area contributed by atoms with Gasteiger partial charge in [0.05, 0.1) is 12.2 Å². The van der Waals surface area contributed by atoms with Crippen LogP contribution in [0.4, 0.5) is 0 Å². The molecule has 0 saturated carbocycles. The zero-order chi connectivity index (χ0) is 10.7. The van der Waals surface area contributed by atoms with Crippen molar-refractivity contribution < 1.29 is 0 Å². The summed E-state index contributed by atoms with van der Waals surface area (Å²) in [5.41, 5.74) is 2.27. The largest absolute Gasteiger partial charge is 0.313 e. The Labute approximate surface area is 89.0 Å². The molecule has 0 amide bonds. The van der Waals surface area contributed by atoms with Gasteiger partial charge in [-0.15, -0.1) is 5.10 Å². The quantitative estimate of drug-likeness (QED) is 0.815. The first-order valence-electron chi connectivity index (χ1n) is 4.92. The molecule has 0 aliphatic heterocycles. The first-order chi connectivity index (χ1) is 7.31. The van der Waals surface area contributed by atoms with Gasteiger partial charge in [-0.1, -0.05) is 18.2 Å². The summed E-state index contributed by atoms with van der Waals surface area (Å²) in [6.45, 7) is 2.76. The first-order valence-corrected chi connectivity index (χ1v) is 4.92. The third kappa shape index (κ3) is 2.05. The van der Waals surface area contributed by atoms with Gasteiger partial charge in [0, 0.05) is 0 Å². The van der Waals surface area contributed by atoms with Crippen molar-refractivity contribution in [3.05, 3.63) is 42.0 Å². The zero-order valence-electron chi connectivity index (χ0n) is 8.94. The van der Waals surface area contributed by atoms with Crippen LogP contribution < -0.4 is 5.32 Å². The Morgan fingerprint density at radius 2 is 2.13 bits per heavy atom. The molecule has 2 aromatic rings. The standard InChI is InChI=1S/C11H14N4/c1-9-5-3-4-6-10(9)15-8-13-11(14-15)7-12-2/h3-6,8,12H,7H2,1-2H3. The normalized spacial score (nSPS) is 10.5. The van der Waals surface area contributed by atoms with Crippen molar-refractivity contribution in [1.29, 1.82) is 0 Å². The lowest BCUT2D eigenvalue weighted by Gasteiger charge is -2.03. The average Bonchev–Trinajstić information content (AvgIpc) is 2.68. The van der Waals surface area contributed by atoms with Crippen molar-refractivity contribution in [2.75, 3.05) is 7.05 Å². The van der Waals surface area contributed by atoms with E-state index >= 15 is 0 Å². The predicted octanol–water partition coefficient (Wildman–Crippen LogP) is 1.30. The van der Waals surface area contributed by atoms with Crippen LogP contribution in [0.15, 0.2) is 30.6 Å². The Kier molecular flexibility index (Phi) is 2.78. The number of nitrogens with one attached hydrogen (secondary N) is 1. The van der Waals surface area contributed by atoms with Gasteiger partial charge in [0.2, 0.25) is 0 Å². The Hall–Kier alpha value is -1.68. The van der Waals surface area contributed by atoms with Crippen molar-refractivity contribution in [2.45, 2.75) is 13.5 Å². The van der Waals surface area contributed by atoms with Gasteiger partial charge in [0.25, 0.3) is 0 Å². The van der Waals surface area contributed by atoms with Crippen LogP contribution in [0, 0.1) is 6.92 Å². The number of nitrogens with zero attached hydrogens (tertiary/aromatic N) is 3. The van der Waals surface area contributed by atoms with Gasteiger partial charge in [-0.3, -0.25) is 0 Å². The van der Waals surface area contributed by atoms with E-state index in [-0.39, 0.29) is 0 Å². The number of aryl methyl sites for hydroxylation is 1. The number of aromatic nitrogens is 3. The van der Waals surface area contributed by atoms with E-state index < -0.39 is 0 Å². The Bertz CT molecular complexity index is 447. The van der Waals surface area contributed by atoms with Crippen molar-refractivity contribution in [1.82, 2.24) is 20.1 Å². The fourth-order valence-electron chi connectivity index (χ4n) is 1.47. The third-order valence-electron chi connectivity index (χ3n) is 2.24. The number of hydrogen-bond acceptors (Lipinski definition) is 3. The van der Waals surface area contributed by atoms with Gasteiger partial charge in [-0.2, -0.15) is 0 Å². The molecule has 0 radical (unpaired) electrons. The van der Waals surface area contributed by atoms with E-state index in [1.807, 2.05) is 29.9 Å². The second-order valence-corrected chi connectivity index (χ2v) is 3.42. The van der Waals surface area contributed by atoms with E-state index in [0.29, 0.717) is 6.54 Å². The Morgan fingerprint density at radius 3 is 2.87 bits per heavy atom. The summed E-state index contributed by atoms with van der Waals surface area (Å²) in [5.74, 6) is 0.806. The van der Waals surface area contributed by atoms with Gasteiger partial charge in [0.15, 0.2) is 5.82 Å². The molecule has 4 nitrogen and oxygen atoms in total. The minimum atomic E-state index is 0.693. The second kappa shape index (κ2) is 4.23. The van der Waals surface area contributed by atoms with E-state index in [4.69, 9.17) is 0 Å². The smallest absolute Gasteiger partial charge is 0.164 e. The minimum absolute atomic E-state index is 0.693. The summed E-state index contributed by atoms with van der Waals surface area (Å²) in [5, 5.41) is 7.40. The highest BCUT2D eigenvalue weighted by Crippen LogP contribution is 2.11. The van der Waals surface area contributed by atoms with E-state index in [1.165, 1.54) is 5.56 Å². The molecular formula is C11H14N4. The third-order valence-corrected chi connectivity index (χ3v) is 2.24. The predicted molar refractivity (Wildman–Crippen MR) is 58.9 cm³/mol. The number of hydrogen-bond donors (Lipinski definition) is 1. The van der Waals surface area contributed by atoms with Crippen LogP contribution in [-0.2, 0) is 6.54 Å². The highest BCUT2D eigenvalue weighted by Gasteiger charge is 2.03. The van der Waals surface area contributed by atoms with E-state index in [2.05, 4.69) is 28.4 Å². The van der Waals surface area contributed by atoms with Crippen LogP contribution in [0.25, 0.3) is 5.69 Å². The van der Waals surface area contributed by atoms with Crippen LogP contribution in [0.1, 0.15) is 11.4 Å². The van der Waals surface area contributed by atoms with Gasteiger partial charge in [-0.05, 0) is 25.6 Å². The SMILES string of the molecule is CNCc1ncn(-c2ccccc2C)n1. The highest BCUT2D eigenvalue weighted by atomic mass is 15.3. The molecule has 0 fully saturated rings. The molecule has 1 heterocycles. The molecular weight excluding hydrogens is 188 g/mol. The molecule has 1 aromatic heterocycles. The van der Waals surface area contributed by atoms with Crippen LogP contribution in [0.3, 0.4) is 0 Å². The summed E-state index contributed by atoms with van der Waals surface area (Å²) in [7, 11) is 1.88. The van der Waals surface area contributed by atoms with Crippen LogP contribution in [0.2, 0.25) is 0 Å². The zero-order valence-corrected chi connectivity index (χ0v) is 8.94. The fraction of sp³-hybridized carbons (Fsp3) is 0.273. The topological polar surface area (TPSA) is 42.7 Å². The molecule has 15 heavy (non-hydrogen) atoms. The minimum Gasteiger partial charge on any atom is -0.313 e. The van der Waals surface area contributed by atoms with Gasteiger partial charge < -0.3 is 5.32 Å². The second-order valence-electron chi connectivity index (χ2n) is 3.42. The van der Waals surface area contributed by atoms with Gasteiger partial charge in [-0.25, -0.2) is 9.67 Å². The van der Waals surface area contributed by atoms with E-state index in [9.17, 15) is 0 Å². The molecule has 0 bridgehead atoms. The maximum Gasteiger partial charge on any atom is 0.164 e. The molecule has 1 N–H and O–H groups in total. The molecule has 2 rings (SSSR count). The lowest BCUT2D eigenvalue weighted by atomic mass is 10.2. The number of benzene rings is 1. The molecule has 0 unspecified atom stereocenters. The summed E-state index contributed by atoms with van der Waals surface area (Å²) in [6.07, 6.45) is 1.75. The Balaban J connectivity index is 2.33.